The molecule has 0 saturated heterocycles. The second kappa shape index (κ2) is 10.3. The second-order valence-corrected chi connectivity index (χ2v) is 5.68. The molecule has 0 aliphatic rings. The summed E-state index contributed by atoms with van der Waals surface area (Å²) < 4.78 is 9.83. The predicted molar refractivity (Wildman–Crippen MR) is 91.7 cm³/mol. The number of hydrogen-bond donors (Lipinski definition) is 1. The van der Waals surface area contributed by atoms with E-state index in [2.05, 4.69) is 17.0 Å². The van der Waals surface area contributed by atoms with E-state index >= 15 is 0 Å². The SMILES string of the molecule is CCCCCC(C)NC(=O)COc1cc(C(=O)OC)ccc1[N+](=O)[O-]. The van der Waals surface area contributed by atoms with E-state index in [1.165, 1.54) is 19.2 Å². The lowest BCUT2D eigenvalue weighted by molar-refractivity contribution is -0.385. The monoisotopic (exact) mass is 352 g/mol. The summed E-state index contributed by atoms with van der Waals surface area (Å²) in [4.78, 5) is 33.9. The molecule has 0 saturated carbocycles. The number of carbonyl (C=O) groups excluding carboxylic acids is 2. The van der Waals surface area contributed by atoms with Gasteiger partial charge in [-0.15, -0.1) is 0 Å². The Bertz CT molecular complexity index is 617. The van der Waals surface area contributed by atoms with Gasteiger partial charge in [0.25, 0.3) is 5.91 Å². The molecular weight excluding hydrogens is 328 g/mol. The summed E-state index contributed by atoms with van der Waals surface area (Å²) in [5.74, 6) is -1.17. The van der Waals surface area contributed by atoms with Crippen LogP contribution in [0.25, 0.3) is 0 Å². The molecule has 8 nitrogen and oxygen atoms in total. The van der Waals surface area contributed by atoms with E-state index in [1.54, 1.807) is 0 Å². The Morgan fingerprint density at radius 2 is 2.04 bits per heavy atom. The maximum atomic E-state index is 11.9. The molecule has 0 aliphatic carbocycles. The highest BCUT2D eigenvalue weighted by Crippen LogP contribution is 2.28. The Morgan fingerprint density at radius 3 is 2.64 bits per heavy atom. The van der Waals surface area contributed by atoms with Crippen LogP contribution in [0.15, 0.2) is 18.2 Å². The standard InChI is InChI=1S/C17H24N2O6/c1-4-5-6-7-12(2)18-16(20)11-25-15-10-13(17(21)24-3)8-9-14(15)19(22)23/h8-10,12H,4-7,11H2,1-3H3,(H,18,20). The summed E-state index contributed by atoms with van der Waals surface area (Å²) in [6, 6.07) is 3.61. The molecule has 0 spiro atoms. The van der Waals surface area contributed by atoms with Crippen molar-refractivity contribution in [1.82, 2.24) is 5.32 Å². The van der Waals surface area contributed by atoms with Gasteiger partial charge in [0.2, 0.25) is 0 Å². The molecule has 1 aromatic carbocycles. The van der Waals surface area contributed by atoms with Crippen molar-refractivity contribution in [1.29, 1.82) is 0 Å². The van der Waals surface area contributed by atoms with Crippen molar-refractivity contribution in [3.8, 4) is 5.75 Å². The molecule has 8 heteroatoms. The Labute approximate surface area is 146 Å². The number of nitrogens with zero attached hydrogens (tertiary/aromatic N) is 1. The number of esters is 1. The first kappa shape index (κ1) is 20.4. The molecule has 1 unspecified atom stereocenters. The number of nitro benzene ring substituents is 1. The molecule has 0 aromatic heterocycles. The van der Waals surface area contributed by atoms with Crippen LogP contribution >= 0.6 is 0 Å². The smallest absolute Gasteiger partial charge is 0.337 e. The zero-order chi connectivity index (χ0) is 18.8. The predicted octanol–water partition coefficient (Wildman–Crippen LogP) is 2.85. The van der Waals surface area contributed by atoms with Gasteiger partial charge in [-0.1, -0.05) is 26.2 Å². The molecule has 0 fully saturated rings. The zero-order valence-corrected chi connectivity index (χ0v) is 14.7. The normalized spacial score (nSPS) is 11.5. The van der Waals surface area contributed by atoms with E-state index in [4.69, 9.17) is 4.74 Å². The molecule has 1 amide bonds. The average Bonchev–Trinajstić information content (AvgIpc) is 2.59. The zero-order valence-electron chi connectivity index (χ0n) is 14.7. The van der Waals surface area contributed by atoms with Gasteiger partial charge in [0, 0.05) is 18.2 Å². The Kier molecular flexibility index (Phi) is 8.38. The van der Waals surface area contributed by atoms with Gasteiger partial charge in [-0.25, -0.2) is 4.79 Å². The van der Waals surface area contributed by atoms with E-state index in [1.807, 2.05) is 6.92 Å². The number of amides is 1. The molecule has 1 rings (SSSR count). The Hall–Kier alpha value is -2.64. The minimum absolute atomic E-state index is 0.000890. The highest BCUT2D eigenvalue weighted by Gasteiger charge is 2.19. The molecule has 0 aliphatic heterocycles. The van der Waals surface area contributed by atoms with Crippen molar-refractivity contribution >= 4 is 17.6 Å². The number of benzene rings is 1. The number of rotatable bonds is 10. The fourth-order valence-electron chi connectivity index (χ4n) is 2.26. The van der Waals surface area contributed by atoms with Gasteiger partial charge in [-0.05, 0) is 19.4 Å². The minimum Gasteiger partial charge on any atom is -0.477 e. The lowest BCUT2D eigenvalue weighted by Gasteiger charge is -2.14. The molecule has 0 heterocycles. The highest BCUT2D eigenvalue weighted by atomic mass is 16.6. The summed E-state index contributed by atoms with van der Waals surface area (Å²) in [5, 5.41) is 13.8. The van der Waals surface area contributed by atoms with E-state index in [9.17, 15) is 19.7 Å². The first-order chi connectivity index (χ1) is 11.9. The maximum absolute atomic E-state index is 11.9. The van der Waals surface area contributed by atoms with Crippen molar-refractivity contribution in [2.45, 2.75) is 45.6 Å². The minimum atomic E-state index is -0.645. The molecule has 25 heavy (non-hydrogen) atoms. The highest BCUT2D eigenvalue weighted by molar-refractivity contribution is 5.90. The molecule has 1 N–H and O–H groups in total. The number of ether oxygens (including phenoxy) is 2. The van der Waals surface area contributed by atoms with Crippen LogP contribution in [-0.2, 0) is 9.53 Å². The van der Waals surface area contributed by atoms with Crippen molar-refractivity contribution < 1.29 is 24.0 Å². The van der Waals surface area contributed by atoms with Crippen molar-refractivity contribution in [2.24, 2.45) is 0 Å². The van der Waals surface area contributed by atoms with E-state index < -0.39 is 10.9 Å². The second-order valence-electron chi connectivity index (χ2n) is 5.68. The van der Waals surface area contributed by atoms with Crippen molar-refractivity contribution in [3.63, 3.8) is 0 Å². The van der Waals surface area contributed by atoms with E-state index in [0.29, 0.717) is 0 Å². The number of carbonyl (C=O) groups is 2. The maximum Gasteiger partial charge on any atom is 0.337 e. The fraction of sp³-hybridized carbons (Fsp3) is 0.529. The Balaban J connectivity index is 2.69. The third kappa shape index (κ3) is 6.78. The van der Waals surface area contributed by atoms with Gasteiger partial charge in [-0.2, -0.15) is 0 Å². The van der Waals surface area contributed by atoms with Gasteiger partial charge >= 0.3 is 11.7 Å². The topological polar surface area (TPSA) is 108 Å². The number of methoxy groups -OCH3 is 1. The Morgan fingerprint density at radius 1 is 1.32 bits per heavy atom. The third-order valence-electron chi connectivity index (χ3n) is 3.58. The van der Waals surface area contributed by atoms with Crippen LogP contribution in [0.1, 0.15) is 49.9 Å². The summed E-state index contributed by atoms with van der Waals surface area (Å²) >= 11 is 0. The van der Waals surface area contributed by atoms with Crippen LogP contribution in [0, 0.1) is 10.1 Å². The third-order valence-corrected chi connectivity index (χ3v) is 3.58. The quantitative estimate of drug-likeness (QED) is 0.300. The number of unbranched alkanes of at least 4 members (excludes halogenated alkanes) is 2. The van der Waals surface area contributed by atoms with E-state index in [0.717, 1.165) is 31.7 Å². The first-order valence-corrected chi connectivity index (χ1v) is 8.18. The van der Waals surface area contributed by atoms with Crippen LogP contribution < -0.4 is 10.1 Å². The van der Waals surface area contributed by atoms with Gasteiger partial charge in [0.1, 0.15) is 0 Å². The fourth-order valence-corrected chi connectivity index (χ4v) is 2.26. The molecule has 0 bridgehead atoms. The van der Waals surface area contributed by atoms with Crippen LogP contribution in [0.4, 0.5) is 5.69 Å². The first-order valence-electron chi connectivity index (χ1n) is 8.18. The average molecular weight is 352 g/mol. The molecule has 0 radical (unpaired) electrons. The molecule has 138 valence electrons. The van der Waals surface area contributed by atoms with Crippen LogP contribution in [-0.4, -0.2) is 36.6 Å². The number of nitrogens with one attached hydrogen (secondary N) is 1. The van der Waals surface area contributed by atoms with Gasteiger partial charge in [0.05, 0.1) is 17.6 Å². The van der Waals surface area contributed by atoms with Gasteiger partial charge in [-0.3, -0.25) is 14.9 Å². The number of hydrogen-bond acceptors (Lipinski definition) is 6. The van der Waals surface area contributed by atoms with Crippen molar-refractivity contribution in [2.75, 3.05) is 13.7 Å². The number of nitro groups is 1. The molecule has 1 aromatic rings. The lowest BCUT2D eigenvalue weighted by Crippen LogP contribution is -2.36. The van der Waals surface area contributed by atoms with Crippen LogP contribution in [0.5, 0.6) is 5.75 Å². The van der Waals surface area contributed by atoms with Gasteiger partial charge in [0.15, 0.2) is 12.4 Å². The lowest BCUT2D eigenvalue weighted by atomic mass is 10.1. The summed E-state index contributed by atoms with van der Waals surface area (Å²) in [5.41, 5.74) is -0.215. The van der Waals surface area contributed by atoms with Crippen molar-refractivity contribution in [3.05, 3.63) is 33.9 Å². The van der Waals surface area contributed by atoms with Crippen LogP contribution in [0.2, 0.25) is 0 Å². The molecular formula is C17H24N2O6. The van der Waals surface area contributed by atoms with Crippen LogP contribution in [0.3, 0.4) is 0 Å². The summed E-state index contributed by atoms with van der Waals surface area (Å²) in [6.07, 6.45) is 4.08. The van der Waals surface area contributed by atoms with E-state index in [-0.39, 0.29) is 35.6 Å². The molecule has 1 atom stereocenters. The summed E-state index contributed by atoms with van der Waals surface area (Å²) in [7, 11) is 1.21. The largest absolute Gasteiger partial charge is 0.477 e. The summed E-state index contributed by atoms with van der Waals surface area (Å²) in [6.45, 7) is 3.63. The van der Waals surface area contributed by atoms with Gasteiger partial charge < -0.3 is 14.8 Å².